The molecule has 1 amide bonds. The van der Waals surface area contributed by atoms with Gasteiger partial charge in [-0.05, 0) is 36.6 Å². The first-order valence-corrected chi connectivity index (χ1v) is 7.69. The van der Waals surface area contributed by atoms with Gasteiger partial charge in [0.1, 0.15) is 5.69 Å². The van der Waals surface area contributed by atoms with Crippen molar-refractivity contribution in [3.05, 3.63) is 29.5 Å². The lowest BCUT2D eigenvalue weighted by Gasteiger charge is -2.12. The fraction of sp³-hybridized carbons (Fsp3) is 0.308. The summed E-state index contributed by atoms with van der Waals surface area (Å²) >= 11 is 0. The van der Waals surface area contributed by atoms with Crippen LogP contribution in [0.15, 0.2) is 23.1 Å². The molecule has 2 N–H and O–H groups in total. The number of hydrogen-bond acceptors (Lipinski definition) is 3. The molecule has 0 spiro atoms. The Kier molecular flexibility index (Phi) is 2.84. The van der Waals surface area contributed by atoms with Crippen molar-refractivity contribution in [2.75, 3.05) is 13.6 Å². The quantitative estimate of drug-likeness (QED) is 0.778. The van der Waals surface area contributed by atoms with Gasteiger partial charge in [0, 0.05) is 24.5 Å². The van der Waals surface area contributed by atoms with Gasteiger partial charge in [0.25, 0.3) is 16.0 Å². The summed E-state index contributed by atoms with van der Waals surface area (Å²) in [5.74, 6) is -0.0953. The highest BCUT2D eigenvalue weighted by atomic mass is 32.2. The Morgan fingerprint density at radius 2 is 2.10 bits per heavy atom. The number of aromatic amines is 1. The highest BCUT2D eigenvalue weighted by Gasteiger charge is 2.24. The van der Waals surface area contributed by atoms with Crippen LogP contribution in [0.1, 0.15) is 22.5 Å². The van der Waals surface area contributed by atoms with E-state index in [-0.39, 0.29) is 10.8 Å². The standard InChI is InChI=1S/C13H14N2O4S/c1-15-6-2-3-9-10-7-8(20(17,18)19)4-5-11(10)14-12(9)13(15)16/h4-5,7,14H,2-3,6H2,1H3,(H,17,18,19). The smallest absolute Gasteiger partial charge is 0.294 e. The first-order chi connectivity index (χ1) is 9.38. The molecule has 2 aromatic rings. The van der Waals surface area contributed by atoms with Crippen molar-refractivity contribution < 1.29 is 17.8 Å². The van der Waals surface area contributed by atoms with Crippen LogP contribution in [-0.2, 0) is 16.5 Å². The number of aromatic nitrogens is 1. The third-order valence-electron chi connectivity index (χ3n) is 3.66. The number of H-pyrrole nitrogens is 1. The van der Waals surface area contributed by atoms with E-state index in [0.29, 0.717) is 29.6 Å². The summed E-state index contributed by atoms with van der Waals surface area (Å²) in [5, 5.41) is 0.679. The highest BCUT2D eigenvalue weighted by Crippen LogP contribution is 2.28. The predicted molar refractivity (Wildman–Crippen MR) is 73.4 cm³/mol. The number of benzene rings is 1. The molecule has 1 aromatic heterocycles. The van der Waals surface area contributed by atoms with Gasteiger partial charge in [-0.3, -0.25) is 9.35 Å². The van der Waals surface area contributed by atoms with Gasteiger partial charge in [0.15, 0.2) is 0 Å². The van der Waals surface area contributed by atoms with Crippen molar-refractivity contribution in [3.8, 4) is 0 Å². The summed E-state index contributed by atoms with van der Waals surface area (Å²) in [6.45, 7) is 0.667. The first-order valence-electron chi connectivity index (χ1n) is 6.25. The maximum Gasteiger partial charge on any atom is 0.294 e. The van der Waals surface area contributed by atoms with E-state index in [1.54, 1.807) is 18.0 Å². The fourth-order valence-corrected chi connectivity index (χ4v) is 3.12. The average Bonchev–Trinajstić information content (AvgIpc) is 2.68. The average molecular weight is 294 g/mol. The monoisotopic (exact) mass is 294 g/mol. The van der Waals surface area contributed by atoms with Crippen LogP contribution in [0.4, 0.5) is 0 Å². The number of amides is 1. The van der Waals surface area contributed by atoms with Crippen LogP contribution in [0, 0.1) is 0 Å². The van der Waals surface area contributed by atoms with Crippen LogP contribution in [0.3, 0.4) is 0 Å². The van der Waals surface area contributed by atoms with Gasteiger partial charge in [-0.15, -0.1) is 0 Å². The zero-order chi connectivity index (χ0) is 14.5. The Labute approximate surface area is 116 Å². The molecule has 1 aromatic carbocycles. The maximum absolute atomic E-state index is 12.2. The second-order valence-corrected chi connectivity index (χ2v) is 6.41. The zero-order valence-electron chi connectivity index (χ0n) is 10.9. The van der Waals surface area contributed by atoms with Crippen LogP contribution in [0.5, 0.6) is 0 Å². The van der Waals surface area contributed by atoms with E-state index < -0.39 is 10.1 Å². The Balaban J connectivity index is 2.27. The molecule has 3 rings (SSSR count). The van der Waals surface area contributed by atoms with Crippen molar-refractivity contribution in [1.29, 1.82) is 0 Å². The molecule has 0 bridgehead atoms. The number of carbonyl (C=O) groups excluding carboxylic acids is 1. The second-order valence-electron chi connectivity index (χ2n) is 4.99. The largest absolute Gasteiger partial charge is 0.350 e. The van der Waals surface area contributed by atoms with Gasteiger partial charge in [0.05, 0.1) is 4.90 Å². The third-order valence-corrected chi connectivity index (χ3v) is 4.51. The highest BCUT2D eigenvalue weighted by molar-refractivity contribution is 7.85. The lowest BCUT2D eigenvalue weighted by Crippen LogP contribution is -2.26. The van der Waals surface area contributed by atoms with E-state index in [4.69, 9.17) is 4.55 Å². The molecule has 0 radical (unpaired) electrons. The molecule has 2 heterocycles. The van der Waals surface area contributed by atoms with E-state index >= 15 is 0 Å². The number of hydrogen-bond donors (Lipinski definition) is 2. The third kappa shape index (κ3) is 1.99. The molecule has 0 saturated heterocycles. The lowest BCUT2D eigenvalue weighted by molar-refractivity contribution is 0.0795. The van der Waals surface area contributed by atoms with E-state index in [1.165, 1.54) is 12.1 Å². The molecule has 106 valence electrons. The van der Waals surface area contributed by atoms with Gasteiger partial charge >= 0.3 is 0 Å². The molecule has 0 aliphatic carbocycles. The summed E-state index contributed by atoms with van der Waals surface area (Å²) in [5.41, 5.74) is 2.03. The second kappa shape index (κ2) is 4.32. The summed E-state index contributed by atoms with van der Waals surface area (Å²) in [6.07, 6.45) is 1.51. The SMILES string of the molecule is CN1CCCc2c([nH]c3ccc(S(=O)(=O)O)cc23)C1=O. The Morgan fingerprint density at radius 3 is 2.80 bits per heavy atom. The molecule has 20 heavy (non-hydrogen) atoms. The van der Waals surface area contributed by atoms with Crippen LogP contribution >= 0.6 is 0 Å². The predicted octanol–water partition coefficient (Wildman–Crippen LogP) is 1.43. The van der Waals surface area contributed by atoms with Gasteiger partial charge in [-0.1, -0.05) is 0 Å². The molecule has 1 aliphatic rings. The van der Waals surface area contributed by atoms with E-state index in [1.807, 2.05) is 0 Å². The van der Waals surface area contributed by atoms with E-state index in [0.717, 1.165) is 12.0 Å². The maximum atomic E-state index is 12.2. The van der Waals surface area contributed by atoms with E-state index in [2.05, 4.69) is 4.98 Å². The summed E-state index contributed by atoms with van der Waals surface area (Å²) in [7, 11) is -2.50. The molecule has 7 heteroatoms. The topological polar surface area (TPSA) is 90.5 Å². The van der Waals surface area contributed by atoms with E-state index in [9.17, 15) is 13.2 Å². The molecule has 0 saturated carbocycles. The first kappa shape index (κ1) is 13.1. The van der Waals surface area contributed by atoms with Crippen molar-refractivity contribution in [1.82, 2.24) is 9.88 Å². The normalized spacial score (nSPS) is 16.3. The fourth-order valence-electron chi connectivity index (χ4n) is 2.61. The zero-order valence-corrected chi connectivity index (χ0v) is 11.7. The molecule has 6 nitrogen and oxygen atoms in total. The number of nitrogens with one attached hydrogen (secondary N) is 1. The molecule has 0 fully saturated rings. The Morgan fingerprint density at radius 1 is 1.35 bits per heavy atom. The molecule has 0 unspecified atom stereocenters. The lowest BCUT2D eigenvalue weighted by atomic mass is 10.1. The number of carbonyl (C=O) groups is 1. The number of aryl methyl sites for hydroxylation is 1. The van der Waals surface area contributed by atoms with Crippen molar-refractivity contribution >= 4 is 26.9 Å². The summed E-state index contributed by atoms with van der Waals surface area (Å²) < 4.78 is 31.6. The number of fused-ring (bicyclic) bond motifs is 3. The van der Waals surface area contributed by atoms with Crippen molar-refractivity contribution in [2.45, 2.75) is 17.7 Å². The minimum Gasteiger partial charge on any atom is -0.350 e. The number of nitrogens with zero attached hydrogens (tertiary/aromatic N) is 1. The van der Waals surface area contributed by atoms with Gasteiger partial charge in [-0.25, -0.2) is 0 Å². The van der Waals surface area contributed by atoms with Crippen LogP contribution < -0.4 is 0 Å². The minimum absolute atomic E-state index is 0.0953. The van der Waals surface area contributed by atoms with Crippen LogP contribution in [-0.4, -0.2) is 42.4 Å². The molecule has 1 aliphatic heterocycles. The molecular weight excluding hydrogens is 280 g/mol. The summed E-state index contributed by atoms with van der Waals surface area (Å²) in [4.78, 5) is 16.8. The minimum atomic E-state index is -4.24. The van der Waals surface area contributed by atoms with Gasteiger partial charge in [-0.2, -0.15) is 8.42 Å². The Bertz CT molecular complexity index is 807. The molecular formula is C13H14N2O4S. The summed E-state index contributed by atoms with van der Waals surface area (Å²) in [6, 6.07) is 4.31. The number of rotatable bonds is 1. The Hall–Kier alpha value is -1.86. The van der Waals surface area contributed by atoms with Gasteiger partial charge < -0.3 is 9.88 Å². The van der Waals surface area contributed by atoms with Crippen molar-refractivity contribution in [3.63, 3.8) is 0 Å². The van der Waals surface area contributed by atoms with Crippen molar-refractivity contribution in [2.24, 2.45) is 0 Å². The van der Waals surface area contributed by atoms with Crippen LogP contribution in [0.25, 0.3) is 10.9 Å². The van der Waals surface area contributed by atoms with Gasteiger partial charge in [0.2, 0.25) is 0 Å². The van der Waals surface area contributed by atoms with Crippen LogP contribution in [0.2, 0.25) is 0 Å². The molecule has 0 atom stereocenters.